The van der Waals surface area contributed by atoms with Crippen LogP contribution < -0.4 is 5.32 Å². The number of aryl methyl sites for hydroxylation is 1. The monoisotopic (exact) mass is 248 g/mol. The molecule has 0 saturated carbocycles. The normalized spacial score (nSPS) is 21.1. The van der Waals surface area contributed by atoms with E-state index in [9.17, 15) is 0 Å². The topological polar surface area (TPSA) is 34.1 Å². The molecule has 100 valence electrons. The van der Waals surface area contributed by atoms with Crippen LogP contribution >= 0.6 is 0 Å². The van der Waals surface area contributed by atoms with Crippen molar-refractivity contribution in [1.82, 2.24) is 10.3 Å². The SMILES string of the molecule is CCCNC(CC1CCOC1)c1ccc(C)nc1. The van der Waals surface area contributed by atoms with E-state index < -0.39 is 0 Å². The van der Waals surface area contributed by atoms with Crippen LogP contribution in [-0.2, 0) is 4.74 Å². The zero-order valence-corrected chi connectivity index (χ0v) is 11.5. The first-order chi connectivity index (χ1) is 8.79. The first kappa shape index (κ1) is 13.5. The Morgan fingerprint density at radius 2 is 2.39 bits per heavy atom. The molecule has 1 aromatic rings. The summed E-state index contributed by atoms with van der Waals surface area (Å²) in [5.41, 5.74) is 2.39. The Morgan fingerprint density at radius 3 is 3.00 bits per heavy atom. The Bertz CT molecular complexity index is 344. The standard InChI is InChI=1S/C15H24N2O/c1-3-7-16-15(9-13-6-8-18-11-13)14-5-4-12(2)17-10-14/h4-5,10,13,15-16H,3,6-9,11H2,1-2H3. The third-order valence-corrected chi connectivity index (χ3v) is 3.57. The number of hydrogen-bond acceptors (Lipinski definition) is 3. The Balaban J connectivity index is 2.00. The first-order valence-electron chi connectivity index (χ1n) is 7.03. The predicted molar refractivity (Wildman–Crippen MR) is 73.6 cm³/mol. The molecule has 1 N–H and O–H groups in total. The summed E-state index contributed by atoms with van der Waals surface area (Å²) < 4.78 is 5.47. The second kappa shape index (κ2) is 6.86. The van der Waals surface area contributed by atoms with Gasteiger partial charge in [-0.05, 0) is 50.3 Å². The van der Waals surface area contributed by atoms with Crippen molar-refractivity contribution in [2.24, 2.45) is 5.92 Å². The number of rotatable bonds is 6. The van der Waals surface area contributed by atoms with Crippen molar-refractivity contribution in [1.29, 1.82) is 0 Å². The lowest BCUT2D eigenvalue weighted by molar-refractivity contribution is 0.181. The molecule has 2 rings (SSSR count). The van der Waals surface area contributed by atoms with Crippen molar-refractivity contribution in [2.45, 2.75) is 39.2 Å². The van der Waals surface area contributed by atoms with Crippen molar-refractivity contribution in [2.75, 3.05) is 19.8 Å². The maximum atomic E-state index is 5.47. The fraction of sp³-hybridized carbons (Fsp3) is 0.667. The summed E-state index contributed by atoms with van der Waals surface area (Å²) in [6.45, 7) is 7.15. The molecule has 1 fully saturated rings. The van der Waals surface area contributed by atoms with Gasteiger partial charge in [0, 0.05) is 31.1 Å². The van der Waals surface area contributed by atoms with E-state index in [-0.39, 0.29) is 0 Å². The number of pyridine rings is 1. The molecule has 2 atom stereocenters. The average Bonchev–Trinajstić information content (AvgIpc) is 2.88. The van der Waals surface area contributed by atoms with Crippen molar-refractivity contribution >= 4 is 0 Å². The number of nitrogens with zero attached hydrogens (tertiary/aromatic N) is 1. The second-order valence-corrected chi connectivity index (χ2v) is 5.20. The zero-order valence-electron chi connectivity index (χ0n) is 11.5. The number of aromatic nitrogens is 1. The lowest BCUT2D eigenvalue weighted by Crippen LogP contribution is -2.25. The fourth-order valence-electron chi connectivity index (χ4n) is 2.44. The van der Waals surface area contributed by atoms with Crippen LogP contribution in [0.15, 0.2) is 18.3 Å². The van der Waals surface area contributed by atoms with Crippen LogP contribution in [-0.4, -0.2) is 24.7 Å². The third-order valence-electron chi connectivity index (χ3n) is 3.57. The van der Waals surface area contributed by atoms with Gasteiger partial charge in [0.15, 0.2) is 0 Å². The van der Waals surface area contributed by atoms with Gasteiger partial charge in [-0.15, -0.1) is 0 Å². The summed E-state index contributed by atoms with van der Waals surface area (Å²) in [5, 5.41) is 3.64. The highest BCUT2D eigenvalue weighted by Gasteiger charge is 2.21. The van der Waals surface area contributed by atoms with Gasteiger partial charge >= 0.3 is 0 Å². The summed E-state index contributed by atoms with van der Waals surface area (Å²) in [6.07, 6.45) is 5.53. The van der Waals surface area contributed by atoms with E-state index in [0.29, 0.717) is 12.0 Å². The maximum absolute atomic E-state index is 5.47. The maximum Gasteiger partial charge on any atom is 0.0495 e. The van der Waals surface area contributed by atoms with Crippen LogP contribution in [0.4, 0.5) is 0 Å². The van der Waals surface area contributed by atoms with Crippen LogP contribution in [0.2, 0.25) is 0 Å². The van der Waals surface area contributed by atoms with Crippen LogP contribution in [0, 0.1) is 12.8 Å². The van der Waals surface area contributed by atoms with E-state index in [0.717, 1.165) is 38.3 Å². The predicted octanol–water partition coefficient (Wildman–Crippen LogP) is 2.86. The minimum absolute atomic E-state index is 0.421. The summed E-state index contributed by atoms with van der Waals surface area (Å²) in [7, 11) is 0. The number of ether oxygens (including phenoxy) is 1. The molecule has 3 nitrogen and oxygen atoms in total. The minimum atomic E-state index is 0.421. The molecule has 0 radical (unpaired) electrons. The fourth-order valence-corrected chi connectivity index (χ4v) is 2.44. The van der Waals surface area contributed by atoms with E-state index in [1.807, 2.05) is 13.1 Å². The van der Waals surface area contributed by atoms with Gasteiger partial charge in [-0.1, -0.05) is 13.0 Å². The van der Waals surface area contributed by atoms with Gasteiger partial charge in [0.2, 0.25) is 0 Å². The molecule has 1 aliphatic heterocycles. The molecule has 0 aliphatic carbocycles. The van der Waals surface area contributed by atoms with Crippen LogP contribution in [0.5, 0.6) is 0 Å². The zero-order chi connectivity index (χ0) is 12.8. The van der Waals surface area contributed by atoms with Crippen molar-refractivity contribution < 1.29 is 4.74 Å². The van der Waals surface area contributed by atoms with Crippen LogP contribution in [0.3, 0.4) is 0 Å². The molecule has 0 bridgehead atoms. The summed E-state index contributed by atoms with van der Waals surface area (Å²) in [4.78, 5) is 4.41. The molecule has 0 aromatic carbocycles. The van der Waals surface area contributed by atoms with Gasteiger partial charge in [-0.25, -0.2) is 0 Å². The van der Waals surface area contributed by atoms with Gasteiger partial charge in [0.1, 0.15) is 0 Å². The van der Waals surface area contributed by atoms with Crippen molar-refractivity contribution in [3.05, 3.63) is 29.6 Å². The lowest BCUT2D eigenvalue weighted by atomic mass is 9.95. The Labute approximate surface area is 110 Å². The Morgan fingerprint density at radius 1 is 1.50 bits per heavy atom. The molecule has 1 aromatic heterocycles. The first-order valence-corrected chi connectivity index (χ1v) is 7.03. The van der Waals surface area contributed by atoms with Gasteiger partial charge in [0.05, 0.1) is 0 Å². The lowest BCUT2D eigenvalue weighted by Gasteiger charge is -2.21. The van der Waals surface area contributed by atoms with E-state index in [2.05, 4.69) is 29.4 Å². The number of nitrogens with one attached hydrogen (secondary N) is 1. The molecule has 0 amide bonds. The molecular weight excluding hydrogens is 224 g/mol. The van der Waals surface area contributed by atoms with Gasteiger partial charge in [-0.3, -0.25) is 4.98 Å². The highest BCUT2D eigenvalue weighted by molar-refractivity contribution is 5.17. The molecule has 0 spiro atoms. The van der Waals surface area contributed by atoms with E-state index in [4.69, 9.17) is 4.74 Å². The summed E-state index contributed by atoms with van der Waals surface area (Å²) >= 11 is 0. The minimum Gasteiger partial charge on any atom is -0.381 e. The number of hydrogen-bond donors (Lipinski definition) is 1. The summed E-state index contributed by atoms with van der Waals surface area (Å²) in [6, 6.07) is 4.72. The highest BCUT2D eigenvalue weighted by atomic mass is 16.5. The molecule has 2 unspecified atom stereocenters. The highest BCUT2D eigenvalue weighted by Crippen LogP contribution is 2.26. The smallest absolute Gasteiger partial charge is 0.0495 e. The Hall–Kier alpha value is -0.930. The Kier molecular flexibility index (Phi) is 5.14. The van der Waals surface area contributed by atoms with E-state index in [1.165, 1.54) is 12.0 Å². The second-order valence-electron chi connectivity index (χ2n) is 5.20. The quantitative estimate of drug-likeness (QED) is 0.840. The van der Waals surface area contributed by atoms with Gasteiger partial charge < -0.3 is 10.1 Å². The molecule has 18 heavy (non-hydrogen) atoms. The van der Waals surface area contributed by atoms with Crippen LogP contribution in [0.25, 0.3) is 0 Å². The molecular formula is C15H24N2O. The van der Waals surface area contributed by atoms with E-state index >= 15 is 0 Å². The molecule has 1 saturated heterocycles. The molecule has 2 heterocycles. The van der Waals surface area contributed by atoms with Crippen molar-refractivity contribution in [3.63, 3.8) is 0 Å². The van der Waals surface area contributed by atoms with Crippen LogP contribution in [0.1, 0.15) is 43.5 Å². The van der Waals surface area contributed by atoms with Gasteiger partial charge in [-0.2, -0.15) is 0 Å². The summed E-state index contributed by atoms with van der Waals surface area (Å²) in [5.74, 6) is 0.695. The largest absolute Gasteiger partial charge is 0.381 e. The molecule has 1 aliphatic rings. The molecule has 3 heteroatoms. The average molecular weight is 248 g/mol. The van der Waals surface area contributed by atoms with E-state index in [1.54, 1.807) is 0 Å². The van der Waals surface area contributed by atoms with Gasteiger partial charge in [0.25, 0.3) is 0 Å². The third kappa shape index (κ3) is 3.79. The van der Waals surface area contributed by atoms with Crippen molar-refractivity contribution in [3.8, 4) is 0 Å².